The van der Waals surface area contributed by atoms with Crippen molar-refractivity contribution >= 4 is 11.7 Å². The van der Waals surface area contributed by atoms with E-state index in [0.29, 0.717) is 29.8 Å². The number of hydrogen-bond acceptors (Lipinski definition) is 8. The minimum Gasteiger partial charge on any atom is -0.383 e. The number of hydrogen-bond donors (Lipinski definition) is 2. The molecule has 1 saturated heterocycles. The van der Waals surface area contributed by atoms with Gasteiger partial charge in [-0.1, -0.05) is 11.3 Å². The zero-order chi connectivity index (χ0) is 22.9. The lowest BCUT2D eigenvalue weighted by Crippen LogP contribution is -2.31. The summed E-state index contributed by atoms with van der Waals surface area (Å²) in [6, 6.07) is 4.87. The van der Waals surface area contributed by atoms with Gasteiger partial charge >= 0.3 is 0 Å². The number of nitrogens with one attached hydrogen (secondary N) is 1. The standard InChI is InChI=1S/C20H18F2N10O/c21-13-4-3-6-15(17(13)22)32-19(27-28-30-32)12-8-11(9-25-18(12)23)14-10-31(29-26-14)16-5-1-2-7-24-20(16)33/h3-4,6,8-10,16H,1-2,5,7H2,(H2,23,25)(H,24,33). The van der Waals surface area contributed by atoms with Crippen molar-refractivity contribution in [3.05, 3.63) is 48.3 Å². The van der Waals surface area contributed by atoms with E-state index in [4.69, 9.17) is 5.73 Å². The molecule has 11 nitrogen and oxygen atoms in total. The number of benzene rings is 1. The summed E-state index contributed by atoms with van der Waals surface area (Å²) >= 11 is 0. The molecule has 0 aliphatic carbocycles. The van der Waals surface area contributed by atoms with Gasteiger partial charge in [0.25, 0.3) is 0 Å². The van der Waals surface area contributed by atoms with Crippen molar-refractivity contribution in [2.45, 2.75) is 25.3 Å². The van der Waals surface area contributed by atoms with E-state index in [1.165, 1.54) is 23.0 Å². The van der Waals surface area contributed by atoms with E-state index < -0.39 is 17.7 Å². The predicted octanol–water partition coefficient (Wildman–Crippen LogP) is 1.68. The van der Waals surface area contributed by atoms with Gasteiger partial charge in [0.2, 0.25) is 5.91 Å². The molecule has 1 amide bonds. The molecule has 3 N–H and O–H groups in total. The van der Waals surface area contributed by atoms with Crippen molar-refractivity contribution in [3.8, 4) is 28.3 Å². The Hall–Kier alpha value is -4.29. The zero-order valence-electron chi connectivity index (χ0n) is 17.2. The summed E-state index contributed by atoms with van der Waals surface area (Å²) in [6.45, 7) is 0.642. The Morgan fingerprint density at radius 1 is 1.15 bits per heavy atom. The Morgan fingerprint density at radius 2 is 2.03 bits per heavy atom. The van der Waals surface area contributed by atoms with Gasteiger partial charge in [-0.25, -0.2) is 18.4 Å². The second kappa shape index (κ2) is 8.33. The van der Waals surface area contributed by atoms with Crippen LogP contribution in [0.5, 0.6) is 0 Å². The van der Waals surface area contributed by atoms with Crippen molar-refractivity contribution in [3.63, 3.8) is 0 Å². The molecule has 33 heavy (non-hydrogen) atoms. The molecule has 5 rings (SSSR count). The van der Waals surface area contributed by atoms with Crippen molar-refractivity contribution in [2.24, 2.45) is 0 Å². The van der Waals surface area contributed by atoms with E-state index in [2.05, 4.69) is 36.1 Å². The third-order valence-electron chi connectivity index (χ3n) is 5.42. The van der Waals surface area contributed by atoms with Crippen LogP contribution in [-0.4, -0.2) is 52.6 Å². The van der Waals surface area contributed by atoms with E-state index in [1.54, 1.807) is 12.3 Å². The summed E-state index contributed by atoms with van der Waals surface area (Å²) in [6.07, 6.45) is 5.62. The molecule has 1 aliphatic rings. The van der Waals surface area contributed by atoms with Crippen LogP contribution in [0.1, 0.15) is 25.3 Å². The molecule has 13 heteroatoms. The largest absolute Gasteiger partial charge is 0.383 e. The van der Waals surface area contributed by atoms with Crippen LogP contribution in [0.15, 0.2) is 36.7 Å². The summed E-state index contributed by atoms with van der Waals surface area (Å²) in [7, 11) is 0. The average molecular weight is 452 g/mol. The second-order valence-corrected chi connectivity index (χ2v) is 7.53. The van der Waals surface area contributed by atoms with Gasteiger partial charge in [-0.15, -0.1) is 10.2 Å². The first-order chi connectivity index (χ1) is 16.0. The van der Waals surface area contributed by atoms with Crippen molar-refractivity contribution in [1.82, 2.24) is 45.5 Å². The molecular weight excluding hydrogens is 434 g/mol. The number of carbonyl (C=O) groups excluding carboxylic acids is 1. The predicted molar refractivity (Wildman–Crippen MR) is 112 cm³/mol. The van der Waals surface area contributed by atoms with Crippen LogP contribution in [0, 0.1) is 11.6 Å². The Bertz CT molecular complexity index is 1330. The lowest BCUT2D eigenvalue weighted by atomic mass is 10.1. The van der Waals surface area contributed by atoms with Gasteiger partial charge in [-0.2, -0.15) is 4.68 Å². The Balaban J connectivity index is 1.52. The molecule has 1 fully saturated rings. The molecule has 0 saturated carbocycles. The van der Waals surface area contributed by atoms with Crippen molar-refractivity contribution in [2.75, 3.05) is 12.3 Å². The number of tetrazole rings is 1. The Labute approximate surface area is 185 Å². The maximum atomic E-state index is 14.4. The molecule has 1 unspecified atom stereocenters. The van der Waals surface area contributed by atoms with Gasteiger partial charge in [0.05, 0.1) is 11.8 Å². The lowest BCUT2D eigenvalue weighted by molar-refractivity contribution is -0.124. The normalized spacial score (nSPS) is 16.4. The third-order valence-corrected chi connectivity index (χ3v) is 5.42. The smallest absolute Gasteiger partial charge is 0.244 e. The third kappa shape index (κ3) is 3.77. The Morgan fingerprint density at radius 3 is 2.91 bits per heavy atom. The first-order valence-corrected chi connectivity index (χ1v) is 10.2. The second-order valence-electron chi connectivity index (χ2n) is 7.53. The molecular formula is C20H18F2N10O. The highest BCUT2D eigenvalue weighted by atomic mass is 19.2. The first-order valence-electron chi connectivity index (χ1n) is 10.2. The van der Waals surface area contributed by atoms with Crippen LogP contribution >= 0.6 is 0 Å². The number of amides is 1. The van der Waals surface area contributed by atoms with E-state index in [1.807, 2.05) is 0 Å². The van der Waals surface area contributed by atoms with Crippen molar-refractivity contribution in [1.29, 1.82) is 0 Å². The maximum absolute atomic E-state index is 14.4. The molecule has 168 valence electrons. The van der Waals surface area contributed by atoms with Gasteiger partial charge in [-0.05, 0) is 47.9 Å². The number of nitrogens with two attached hydrogens (primary N) is 1. The van der Waals surface area contributed by atoms with Gasteiger partial charge in [-0.3, -0.25) is 4.79 Å². The summed E-state index contributed by atoms with van der Waals surface area (Å²) in [4.78, 5) is 16.5. The quantitative estimate of drug-likeness (QED) is 0.476. The molecule has 0 spiro atoms. The van der Waals surface area contributed by atoms with Crippen LogP contribution in [0.3, 0.4) is 0 Å². The molecule has 0 bridgehead atoms. The topological polar surface area (TPSA) is 142 Å². The number of anilines is 1. The summed E-state index contributed by atoms with van der Waals surface area (Å²) in [5, 5.41) is 22.4. The molecule has 0 radical (unpaired) electrons. The monoisotopic (exact) mass is 452 g/mol. The van der Waals surface area contributed by atoms with Crippen LogP contribution in [0.2, 0.25) is 0 Å². The SMILES string of the molecule is Nc1ncc(-c2cn(C3CCCCNC3=O)nn2)cc1-c1nnnn1-c1cccc(F)c1F. The van der Waals surface area contributed by atoms with Gasteiger partial charge in [0, 0.05) is 18.3 Å². The summed E-state index contributed by atoms with van der Waals surface area (Å²) < 4.78 is 30.7. The Kier molecular flexibility index (Phi) is 5.20. The number of carbonyl (C=O) groups is 1. The first kappa shape index (κ1) is 20.6. The average Bonchev–Trinajstić information content (AvgIpc) is 3.44. The van der Waals surface area contributed by atoms with E-state index in [9.17, 15) is 13.6 Å². The fraction of sp³-hybridized carbons (Fsp3) is 0.250. The van der Waals surface area contributed by atoms with Crippen LogP contribution in [0.4, 0.5) is 14.6 Å². The molecule has 4 aromatic rings. The molecule has 1 aromatic carbocycles. The minimum atomic E-state index is -1.10. The highest BCUT2D eigenvalue weighted by Crippen LogP contribution is 2.30. The highest BCUT2D eigenvalue weighted by Gasteiger charge is 2.24. The highest BCUT2D eigenvalue weighted by molar-refractivity contribution is 5.80. The number of halogens is 2. The van der Waals surface area contributed by atoms with E-state index in [0.717, 1.165) is 23.6 Å². The van der Waals surface area contributed by atoms with Crippen LogP contribution in [-0.2, 0) is 4.79 Å². The van der Waals surface area contributed by atoms with E-state index >= 15 is 0 Å². The van der Waals surface area contributed by atoms with Gasteiger partial charge in [0.1, 0.15) is 23.2 Å². The van der Waals surface area contributed by atoms with Gasteiger partial charge < -0.3 is 11.1 Å². The fourth-order valence-corrected chi connectivity index (χ4v) is 3.70. The van der Waals surface area contributed by atoms with Crippen molar-refractivity contribution < 1.29 is 13.6 Å². The zero-order valence-corrected chi connectivity index (χ0v) is 17.2. The molecule has 1 atom stereocenters. The summed E-state index contributed by atoms with van der Waals surface area (Å²) in [5.74, 6) is -2.08. The van der Waals surface area contributed by atoms with Gasteiger partial charge in [0.15, 0.2) is 17.5 Å². The maximum Gasteiger partial charge on any atom is 0.244 e. The number of rotatable bonds is 4. The number of aromatic nitrogens is 8. The van der Waals surface area contributed by atoms with Crippen LogP contribution < -0.4 is 11.1 Å². The number of nitrogens with zero attached hydrogens (tertiary/aromatic N) is 8. The fourth-order valence-electron chi connectivity index (χ4n) is 3.70. The van der Waals surface area contributed by atoms with E-state index in [-0.39, 0.29) is 23.2 Å². The number of nitrogen functional groups attached to an aromatic ring is 1. The molecule has 3 aromatic heterocycles. The molecule has 4 heterocycles. The lowest BCUT2D eigenvalue weighted by Gasteiger charge is -2.12. The minimum absolute atomic E-state index is 0.0712. The summed E-state index contributed by atoms with van der Waals surface area (Å²) in [5.41, 5.74) is 7.16. The van der Waals surface area contributed by atoms with Crippen LogP contribution in [0.25, 0.3) is 28.3 Å². The molecule has 1 aliphatic heterocycles. The number of pyridine rings is 1.